The van der Waals surface area contributed by atoms with Crippen LogP contribution >= 0.6 is 0 Å². The normalized spacial score (nSPS) is 19.2. The number of sulfone groups is 1. The molecule has 2 aliphatic rings. The number of carbonyl (C=O) groups is 2. The molecule has 1 saturated heterocycles. The standard InChI is InChI=1S/C23H27NO5S/c1-2-3-12-24(18-11-13-30(27,28)15-18)21(25)14-29-23(26)20-10-9-17-8-7-16-5-4-6-19(20)22(16)17/h4-6,9-10,18H,2-3,7-8,11-15H2,1H3. The molecule has 0 saturated carbocycles. The van der Waals surface area contributed by atoms with E-state index in [-0.39, 0.29) is 30.1 Å². The summed E-state index contributed by atoms with van der Waals surface area (Å²) in [5, 5.41) is 1.99. The average molecular weight is 430 g/mol. The predicted molar refractivity (Wildman–Crippen MR) is 115 cm³/mol. The molecule has 1 heterocycles. The van der Waals surface area contributed by atoms with Crippen LogP contribution in [0.2, 0.25) is 0 Å². The van der Waals surface area contributed by atoms with Crippen molar-refractivity contribution in [3.63, 3.8) is 0 Å². The van der Waals surface area contributed by atoms with Crippen molar-refractivity contribution in [1.29, 1.82) is 0 Å². The maximum atomic E-state index is 12.8. The van der Waals surface area contributed by atoms with Gasteiger partial charge in [0, 0.05) is 12.6 Å². The SMILES string of the molecule is CCCCN(C(=O)COC(=O)c1ccc2c3c(cccc13)CC2)C1CCS(=O)(=O)C1. The molecule has 1 fully saturated rings. The highest BCUT2D eigenvalue weighted by atomic mass is 32.2. The highest BCUT2D eigenvalue weighted by Gasteiger charge is 2.34. The summed E-state index contributed by atoms with van der Waals surface area (Å²) in [6.07, 6.45) is 4.07. The van der Waals surface area contributed by atoms with Crippen molar-refractivity contribution in [3.05, 3.63) is 47.0 Å². The average Bonchev–Trinajstić information content (AvgIpc) is 3.31. The number of amides is 1. The summed E-state index contributed by atoms with van der Waals surface area (Å²) in [5.74, 6) is -0.752. The molecule has 0 N–H and O–H groups in total. The van der Waals surface area contributed by atoms with Crippen LogP contribution in [0.4, 0.5) is 0 Å². The van der Waals surface area contributed by atoms with Gasteiger partial charge >= 0.3 is 5.97 Å². The summed E-state index contributed by atoms with van der Waals surface area (Å²) in [7, 11) is -3.10. The van der Waals surface area contributed by atoms with Gasteiger partial charge in [-0.05, 0) is 53.6 Å². The Bertz CT molecular complexity index is 1080. The number of carbonyl (C=O) groups excluding carboxylic acids is 2. The first-order valence-corrected chi connectivity index (χ1v) is 12.4. The quantitative estimate of drug-likeness (QED) is 0.632. The van der Waals surface area contributed by atoms with Gasteiger partial charge in [0.05, 0.1) is 17.1 Å². The Kier molecular flexibility index (Phi) is 5.82. The number of aryl methyl sites for hydroxylation is 2. The summed E-state index contributed by atoms with van der Waals surface area (Å²) in [4.78, 5) is 27.2. The largest absolute Gasteiger partial charge is 0.452 e. The van der Waals surface area contributed by atoms with Crippen LogP contribution in [-0.2, 0) is 32.2 Å². The lowest BCUT2D eigenvalue weighted by atomic mass is 10.00. The van der Waals surface area contributed by atoms with E-state index in [1.165, 1.54) is 11.1 Å². The summed E-state index contributed by atoms with van der Waals surface area (Å²) in [5.41, 5.74) is 2.94. The van der Waals surface area contributed by atoms with Gasteiger partial charge in [-0.3, -0.25) is 4.79 Å². The molecule has 1 atom stereocenters. The van der Waals surface area contributed by atoms with Crippen molar-refractivity contribution >= 4 is 32.5 Å². The fourth-order valence-corrected chi connectivity index (χ4v) is 6.30. The van der Waals surface area contributed by atoms with Crippen LogP contribution in [0.1, 0.15) is 47.7 Å². The second-order valence-corrected chi connectivity index (χ2v) is 10.4. The van der Waals surface area contributed by atoms with Crippen molar-refractivity contribution < 1.29 is 22.7 Å². The Balaban J connectivity index is 1.47. The van der Waals surface area contributed by atoms with Crippen LogP contribution in [0.15, 0.2) is 30.3 Å². The maximum Gasteiger partial charge on any atom is 0.339 e. The molecule has 7 heteroatoms. The molecule has 160 valence electrons. The van der Waals surface area contributed by atoms with Gasteiger partial charge < -0.3 is 9.64 Å². The van der Waals surface area contributed by atoms with Crippen LogP contribution in [0.25, 0.3) is 10.8 Å². The monoisotopic (exact) mass is 429 g/mol. The number of ether oxygens (including phenoxy) is 1. The fraction of sp³-hybridized carbons (Fsp3) is 0.478. The van der Waals surface area contributed by atoms with Gasteiger partial charge in [-0.15, -0.1) is 0 Å². The van der Waals surface area contributed by atoms with Gasteiger partial charge in [-0.25, -0.2) is 13.2 Å². The Morgan fingerprint density at radius 2 is 1.90 bits per heavy atom. The zero-order valence-corrected chi connectivity index (χ0v) is 18.0. The van der Waals surface area contributed by atoms with Crippen molar-refractivity contribution in [2.45, 2.75) is 45.1 Å². The summed E-state index contributed by atoms with van der Waals surface area (Å²) < 4.78 is 29.1. The molecule has 4 rings (SSSR count). The van der Waals surface area contributed by atoms with Crippen LogP contribution in [0.3, 0.4) is 0 Å². The lowest BCUT2D eigenvalue weighted by molar-refractivity contribution is -0.136. The molecule has 0 radical (unpaired) electrons. The van der Waals surface area contributed by atoms with Crippen LogP contribution in [0, 0.1) is 0 Å². The Labute approximate surface area is 177 Å². The summed E-state index contributed by atoms with van der Waals surface area (Å²) in [6, 6.07) is 9.36. The van der Waals surface area contributed by atoms with Crippen LogP contribution < -0.4 is 0 Å². The molecule has 30 heavy (non-hydrogen) atoms. The molecule has 0 aromatic heterocycles. The van der Waals surface area contributed by atoms with Gasteiger partial charge in [-0.2, -0.15) is 0 Å². The topological polar surface area (TPSA) is 80.8 Å². The van der Waals surface area contributed by atoms with E-state index in [0.29, 0.717) is 18.5 Å². The minimum absolute atomic E-state index is 0.00865. The van der Waals surface area contributed by atoms with Gasteiger partial charge in [0.1, 0.15) is 0 Å². The van der Waals surface area contributed by atoms with E-state index in [2.05, 4.69) is 6.07 Å². The molecule has 6 nitrogen and oxygen atoms in total. The van der Waals surface area contributed by atoms with Crippen molar-refractivity contribution in [3.8, 4) is 0 Å². The lowest BCUT2D eigenvalue weighted by Gasteiger charge is -2.28. The van der Waals surface area contributed by atoms with Crippen molar-refractivity contribution in [2.24, 2.45) is 0 Å². The summed E-state index contributed by atoms with van der Waals surface area (Å²) in [6.45, 7) is 2.12. The fourth-order valence-electron chi connectivity index (χ4n) is 4.57. The third-order valence-electron chi connectivity index (χ3n) is 6.15. The van der Waals surface area contributed by atoms with Gasteiger partial charge in [0.15, 0.2) is 16.4 Å². The van der Waals surface area contributed by atoms with Crippen molar-refractivity contribution in [2.75, 3.05) is 24.7 Å². The van der Waals surface area contributed by atoms with E-state index < -0.39 is 15.8 Å². The predicted octanol–water partition coefficient (Wildman–Crippen LogP) is 2.91. The molecule has 0 spiro atoms. The van der Waals surface area contributed by atoms with Crippen LogP contribution in [0.5, 0.6) is 0 Å². The number of benzene rings is 2. The number of esters is 1. The van der Waals surface area contributed by atoms with Crippen molar-refractivity contribution in [1.82, 2.24) is 4.90 Å². The lowest BCUT2D eigenvalue weighted by Crippen LogP contribution is -2.43. The van der Waals surface area contributed by atoms with E-state index in [9.17, 15) is 18.0 Å². The molecule has 0 bridgehead atoms. The molecule has 1 aliphatic heterocycles. The van der Waals surface area contributed by atoms with Gasteiger partial charge in [0.25, 0.3) is 5.91 Å². The second-order valence-electron chi connectivity index (χ2n) is 8.19. The van der Waals surface area contributed by atoms with E-state index >= 15 is 0 Å². The second kappa shape index (κ2) is 8.38. The van der Waals surface area contributed by atoms with Gasteiger partial charge in [0.2, 0.25) is 0 Å². The Morgan fingerprint density at radius 1 is 1.13 bits per heavy atom. The van der Waals surface area contributed by atoms with E-state index in [1.807, 2.05) is 25.1 Å². The maximum absolute atomic E-state index is 12.8. The molecular formula is C23H27NO5S. The Morgan fingerprint density at radius 3 is 2.60 bits per heavy atom. The molecular weight excluding hydrogens is 402 g/mol. The zero-order chi connectivity index (χ0) is 21.3. The van der Waals surface area contributed by atoms with E-state index in [0.717, 1.165) is 36.5 Å². The molecule has 1 unspecified atom stereocenters. The minimum atomic E-state index is -3.10. The number of unbranched alkanes of at least 4 members (excludes halogenated alkanes) is 1. The van der Waals surface area contributed by atoms with Crippen LogP contribution in [-0.4, -0.2) is 55.9 Å². The first-order valence-electron chi connectivity index (χ1n) is 10.6. The first kappa shape index (κ1) is 20.8. The Hall–Kier alpha value is -2.41. The third kappa shape index (κ3) is 4.08. The zero-order valence-electron chi connectivity index (χ0n) is 17.2. The van der Waals surface area contributed by atoms with E-state index in [1.54, 1.807) is 11.0 Å². The number of hydrogen-bond donors (Lipinski definition) is 0. The third-order valence-corrected chi connectivity index (χ3v) is 7.90. The molecule has 2 aromatic rings. The first-order chi connectivity index (χ1) is 14.4. The van der Waals surface area contributed by atoms with Gasteiger partial charge in [-0.1, -0.05) is 37.6 Å². The number of hydrogen-bond acceptors (Lipinski definition) is 5. The number of nitrogens with zero attached hydrogens (tertiary/aromatic N) is 1. The highest BCUT2D eigenvalue weighted by Crippen LogP contribution is 2.33. The summed E-state index contributed by atoms with van der Waals surface area (Å²) >= 11 is 0. The smallest absolute Gasteiger partial charge is 0.339 e. The molecule has 1 amide bonds. The molecule has 2 aromatic carbocycles. The van der Waals surface area contributed by atoms with E-state index in [4.69, 9.17) is 4.74 Å². The number of rotatable bonds is 7. The highest BCUT2D eigenvalue weighted by molar-refractivity contribution is 7.91. The molecule has 1 aliphatic carbocycles. The minimum Gasteiger partial charge on any atom is -0.452 e.